The topological polar surface area (TPSA) is 104 Å². The molecule has 1 aliphatic rings. The average molecular weight is 425 g/mol. The number of carbonyl (C=O) groups is 1. The van der Waals surface area contributed by atoms with Crippen LogP contribution in [-0.4, -0.2) is 32.7 Å². The Bertz CT molecular complexity index is 1080. The van der Waals surface area contributed by atoms with E-state index in [4.69, 9.17) is 18.6 Å². The van der Waals surface area contributed by atoms with Gasteiger partial charge in [0.15, 0.2) is 0 Å². The van der Waals surface area contributed by atoms with Crippen LogP contribution >= 0.6 is 0 Å². The van der Waals surface area contributed by atoms with E-state index in [0.29, 0.717) is 46.1 Å². The van der Waals surface area contributed by atoms with Gasteiger partial charge in [0, 0.05) is 17.8 Å². The first kappa shape index (κ1) is 25.2. The predicted octanol–water partition coefficient (Wildman–Crippen LogP) is 1.30. The summed E-state index contributed by atoms with van der Waals surface area (Å²) in [6.45, 7) is 15.7. The van der Waals surface area contributed by atoms with Crippen LogP contribution in [0, 0.1) is 24.5 Å². The Morgan fingerprint density at radius 2 is 2.03 bits per heavy atom. The Labute approximate surface area is 199 Å². The Balaban J connectivity index is 0.00000363. The second-order valence-corrected chi connectivity index (χ2v) is 7.19. The summed E-state index contributed by atoms with van der Waals surface area (Å²) in [5, 5.41) is 13.5. The molecular weight excluding hydrogens is 402 g/mol. The van der Waals surface area contributed by atoms with Crippen molar-refractivity contribution >= 4 is 23.3 Å². The van der Waals surface area contributed by atoms with Gasteiger partial charge in [-0.3, -0.25) is 11.4 Å². The van der Waals surface area contributed by atoms with Crippen molar-refractivity contribution in [3.8, 4) is 11.3 Å². The third-order valence-electron chi connectivity index (χ3n) is 4.80. The molecule has 9 heteroatoms. The molecule has 0 bridgehead atoms. The smallest absolute Gasteiger partial charge is 0.376 e. The van der Waals surface area contributed by atoms with Crippen LogP contribution < -0.4 is 29.5 Å². The number of nitrogens with zero attached hydrogens (tertiary/aromatic N) is 3. The van der Waals surface area contributed by atoms with Crippen LogP contribution in [0.2, 0.25) is 0 Å². The SMILES string of the molecule is [CH-]=C(/C=C(/C)C(=[CH-])Nc1ncccc1-c1cc(NC(=O)C2C[C@@H]2F)ncn1)C(=N)CC.[Li+]. The summed E-state index contributed by atoms with van der Waals surface area (Å²) in [5.41, 5.74) is 2.76. The molecule has 32 heavy (non-hydrogen) atoms. The van der Waals surface area contributed by atoms with Crippen molar-refractivity contribution in [2.24, 2.45) is 5.92 Å². The molecule has 0 aliphatic heterocycles. The predicted molar refractivity (Wildman–Crippen MR) is 118 cm³/mol. The van der Waals surface area contributed by atoms with Crippen molar-refractivity contribution in [2.45, 2.75) is 32.9 Å². The molecule has 2 heterocycles. The molecule has 2 aromatic heterocycles. The van der Waals surface area contributed by atoms with Crippen LogP contribution in [0.3, 0.4) is 0 Å². The maximum Gasteiger partial charge on any atom is 1.00 e. The normalized spacial score (nSPS) is 17.0. The number of hydrogen-bond acceptors (Lipinski definition) is 6. The van der Waals surface area contributed by atoms with Gasteiger partial charge < -0.3 is 16.0 Å². The Morgan fingerprint density at radius 3 is 2.69 bits per heavy atom. The van der Waals surface area contributed by atoms with Crippen molar-refractivity contribution < 1.29 is 28.0 Å². The summed E-state index contributed by atoms with van der Waals surface area (Å²) >= 11 is 0. The molecular formula is C23H23FLiN6O-. The van der Waals surface area contributed by atoms with Crippen molar-refractivity contribution in [2.75, 3.05) is 10.6 Å². The van der Waals surface area contributed by atoms with E-state index in [9.17, 15) is 9.18 Å². The van der Waals surface area contributed by atoms with Gasteiger partial charge >= 0.3 is 18.9 Å². The molecule has 0 saturated heterocycles. The molecule has 160 valence electrons. The molecule has 3 rings (SSSR count). The van der Waals surface area contributed by atoms with E-state index < -0.39 is 18.0 Å². The third-order valence-corrected chi connectivity index (χ3v) is 4.80. The summed E-state index contributed by atoms with van der Waals surface area (Å²) < 4.78 is 13.1. The standard InChI is InChI=1S/C23H23FN6O.Li/c1-5-19(25)14(3)9-13(2)15(4)29-22-16(7-6-8-26-22)20-11-21(28-12-27-20)30-23(31)17-10-18(17)24;/h3-4,6-9,11-12,17-18,25H,5,10H2,1-2H3,(H,26,29)(H,27,28,30,31);/q-2;+1/b13-9-,25-19?;/t17?,18-;/m0./s1. The number of halogens is 1. The summed E-state index contributed by atoms with van der Waals surface area (Å²) in [7, 11) is 0. The second-order valence-electron chi connectivity index (χ2n) is 7.19. The van der Waals surface area contributed by atoms with E-state index in [1.807, 2.05) is 6.92 Å². The van der Waals surface area contributed by atoms with Gasteiger partial charge in [-0.2, -0.15) is 5.57 Å². The first-order valence-electron chi connectivity index (χ1n) is 9.80. The zero-order valence-electron chi connectivity index (χ0n) is 18.3. The Morgan fingerprint density at radius 1 is 1.31 bits per heavy atom. The second kappa shape index (κ2) is 11.0. The fourth-order valence-electron chi connectivity index (χ4n) is 2.77. The minimum atomic E-state index is -1.09. The fourth-order valence-corrected chi connectivity index (χ4v) is 2.77. The number of hydrogen-bond donors (Lipinski definition) is 3. The van der Waals surface area contributed by atoms with Crippen LogP contribution in [0.15, 0.2) is 53.6 Å². The molecule has 2 aromatic rings. The van der Waals surface area contributed by atoms with Gasteiger partial charge in [0.2, 0.25) is 5.91 Å². The Kier molecular flexibility index (Phi) is 8.64. The Hall–Kier alpha value is -3.08. The molecule has 0 aromatic carbocycles. The van der Waals surface area contributed by atoms with Crippen LogP contribution in [-0.2, 0) is 4.79 Å². The number of rotatable bonds is 9. The summed E-state index contributed by atoms with van der Waals surface area (Å²) in [5.74, 6) is -0.292. The zero-order chi connectivity index (χ0) is 22.5. The van der Waals surface area contributed by atoms with Crippen LogP contribution in [0.25, 0.3) is 11.3 Å². The van der Waals surface area contributed by atoms with Crippen LogP contribution in [0.4, 0.5) is 16.0 Å². The van der Waals surface area contributed by atoms with E-state index in [0.717, 1.165) is 0 Å². The van der Waals surface area contributed by atoms with E-state index >= 15 is 0 Å². The molecule has 1 fully saturated rings. The maximum atomic E-state index is 13.1. The van der Waals surface area contributed by atoms with Gasteiger partial charge in [-0.1, -0.05) is 19.1 Å². The number of carbonyl (C=O) groups excluding carboxylic acids is 1. The van der Waals surface area contributed by atoms with Crippen LogP contribution in [0.5, 0.6) is 0 Å². The van der Waals surface area contributed by atoms with Crippen LogP contribution in [0.1, 0.15) is 26.7 Å². The first-order chi connectivity index (χ1) is 14.8. The number of allylic oxidation sites excluding steroid dienone is 3. The van der Waals surface area contributed by atoms with Crippen molar-refractivity contribution in [1.29, 1.82) is 5.41 Å². The van der Waals surface area contributed by atoms with Crippen molar-refractivity contribution in [3.05, 3.63) is 66.8 Å². The average Bonchev–Trinajstić information content (AvgIpc) is 3.50. The van der Waals surface area contributed by atoms with Crippen molar-refractivity contribution in [3.63, 3.8) is 0 Å². The van der Waals surface area contributed by atoms with Gasteiger partial charge in [0.25, 0.3) is 0 Å². The van der Waals surface area contributed by atoms with E-state index in [-0.39, 0.29) is 31.1 Å². The number of amides is 1. The van der Waals surface area contributed by atoms with Gasteiger partial charge in [-0.15, -0.1) is 12.6 Å². The molecule has 0 spiro atoms. The molecule has 1 aliphatic carbocycles. The molecule has 0 radical (unpaired) electrons. The van der Waals surface area contributed by atoms with Gasteiger partial charge in [0.1, 0.15) is 24.1 Å². The summed E-state index contributed by atoms with van der Waals surface area (Å²) in [6, 6.07) is 5.12. The van der Waals surface area contributed by atoms with Gasteiger partial charge in [-0.05, 0) is 18.6 Å². The first-order valence-corrected chi connectivity index (χ1v) is 9.80. The molecule has 3 N–H and O–H groups in total. The zero-order valence-corrected chi connectivity index (χ0v) is 18.3. The number of anilines is 2. The van der Waals surface area contributed by atoms with E-state index in [1.165, 1.54) is 6.33 Å². The van der Waals surface area contributed by atoms with Gasteiger partial charge in [-0.25, -0.2) is 37.6 Å². The monoisotopic (exact) mass is 425 g/mol. The molecule has 2 atom stereocenters. The molecule has 1 unspecified atom stereocenters. The largest absolute Gasteiger partial charge is 1.00 e. The summed E-state index contributed by atoms with van der Waals surface area (Å²) in [6.07, 6.45) is 4.22. The maximum absolute atomic E-state index is 13.1. The number of nitrogens with one attached hydrogen (secondary N) is 3. The van der Waals surface area contributed by atoms with E-state index in [1.54, 1.807) is 37.4 Å². The van der Waals surface area contributed by atoms with Crippen molar-refractivity contribution in [1.82, 2.24) is 15.0 Å². The number of aromatic nitrogens is 3. The van der Waals surface area contributed by atoms with E-state index in [2.05, 4.69) is 25.6 Å². The fraction of sp³-hybridized carbons (Fsp3) is 0.261. The quantitative estimate of drug-likeness (QED) is 0.243. The minimum absolute atomic E-state index is 0. The minimum Gasteiger partial charge on any atom is -0.376 e. The summed E-state index contributed by atoms with van der Waals surface area (Å²) in [4.78, 5) is 24.6. The molecule has 1 amide bonds. The van der Waals surface area contributed by atoms with Gasteiger partial charge in [0.05, 0.1) is 11.6 Å². The number of alkyl halides is 1. The molecule has 1 saturated carbocycles. The third kappa shape index (κ3) is 6.22. The molecule has 7 nitrogen and oxygen atoms in total. The number of pyridine rings is 1.